The highest BCUT2D eigenvalue weighted by Gasteiger charge is 2.52. The molecule has 0 radical (unpaired) electrons. The zero-order valence-corrected chi connectivity index (χ0v) is 24.4. The van der Waals surface area contributed by atoms with Gasteiger partial charge in [0.2, 0.25) is 0 Å². The molecule has 45 heavy (non-hydrogen) atoms. The van der Waals surface area contributed by atoms with Gasteiger partial charge in [-0.05, 0) is 54.8 Å². The summed E-state index contributed by atoms with van der Waals surface area (Å²) in [6.45, 7) is 0.640. The van der Waals surface area contributed by atoms with Crippen LogP contribution in [0.2, 0.25) is 0 Å². The number of rotatable bonds is 11. The molecule has 10 unspecified atom stereocenters. The number of aliphatic hydroxyl groups is 5. The van der Waals surface area contributed by atoms with E-state index in [1.54, 1.807) is 12.1 Å². The number of aliphatic hydroxyl groups excluding tert-OH is 5. The van der Waals surface area contributed by atoms with Crippen molar-refractivity contribution >= 4 is 12.0 Å². The maximum atomic E-state index is 12.9. The third-order valence-corrected chi connectivity index (χ3v) is 7.47. The molecule has 0 bridgehead atoms. The summed E-state index contributed by atoms with van der Waals surface area (Å²) in [5.74, 6) is -1.51. The normalized spacial score (nSPS) is 32.0. The molecule has 2 aliphatic heterocycles. The second-order valence-electron chi connectivity index (χ2n) is 10.6. The Kier molecular flexibility index (Phi) is 11.6. The lowest BCUT2D eigenvalue weighted by Gasteiger charge is -2.46. The first kappa shape index (κ1) is 34.4. The van der Waals surface area contributed by atoms with Crippen LogP contribution in [0.4, 0.5) is 0 Å². The van der Waals surface area contributed by atoms with Gasteiger partial charge >= 0.3 is 5.97 Å². The molecule has 2 aliphatic rings. The molecule has 2 fully saturated rings. The number of phenolic OH excluding ortho intramolecular Hbond substituents is 3. The molecule has 4 rings (SSSR count). The van der Waals surface area contributed by atoms with Crippen molar-refractivity contribution in [3.8, 4) is 23.0 Å². The molecule has 2 heterocycles. The number of carbonyl (C=O) groups is 1. The van der Waals surface area contributed by atoms with Gasteiger partial charge in [-0.25, -0.2) is 4.79 Å². The molecule has 2 aromatic carbocycles. The summed E-state index contributed by atoms with van der Waals surface area (Å²) in [5.41, 5.74) is 1.01. The van der Waals surface area contributed by atoms with Gasteiger partial charge in [-0.2, -0.15) is 0 Å². The molecule has 248 valence electrons. The second-order valence-corrected chi connectivity index (χ2v) is 10.6. The fourth-order valence-electron chi connectivity index (χ4n) is 4.92. The summed E-state index contributed by atoms with van der Waals surface area (Å²) in [5, 5.41) is 81.5. The summed E-state index contributed by atoms with van der Waals surface area (Å²) in [7, 11) is 1.39. The van der Waals surface area contributed by atoms with E-state index in [4.69, 9.17) is 28.4 Å². The average molecular weight is 639 g/mol. The van der Waals surface area contributed by atoms with Crippen molar-refractivity contribution in [2.24, 2.45) is 0 Å². The molecule has 10 atom stereocenters. The zero-order chi connectivity index (χ0) is 32.8. The van der Waals surface area contributed by atoms with Crippen LogP contribution in [0.3, 0.4) is 0 Å². The quantitative estimate of drug-likeness (QED) is 0.0862. The maximum Gasteiger partial charge on any atom is 0.331 e. The van der Waals surface area contributed by atoms with Crippen molar-refractivity contribution < 1.29 is 74.1 Å². The fraction of sp³-hybridized carbons (Fsp3) is 0.500. The van der Waals surface area contributed by atoms with Gasteiger partial charge in [-0.15, -0.1) is 0 Å². The molecular formula is C30H38O15. The Morgan fingerprint density at radius 3 is 2.29 bits per heavy atom. The standard InChI is InChI=1S/C30H38O15/c1-14-23(36)24(37)25(38)30(42-14)45-28-26(39)29(41-10-9-16-3-6-17(32)18(33)11-16)43-21(13-31)27(28)44-22(35)8-5-15-4-7-20(40-2)19(34)12-15/h3-8,11-12,14,21,23-34,36-39H,9-10,13H2,1-2H3. The van der Waals surface area contributed by atoms with Gasteiger partial charge in [0, 0.05) is 6.08 Å². The molecule has 0 amide bonds. The lowest BCUT2D eigenvalue weighted by atomic mass is 9.97. The van der Waals surface area contributed by atoms with Crippen LogP contribution < -0.4 is 4.74 Å². The predicted octanol–water partition coefficient (Wildman–Crippen LogP) is -0.713. The van der Waals surface area contributed by atoms with Gasteiger partial charge in [-0.3, -0.25) is 0 Å². The van der Waals surface area contributed by atoms with Crippen LogP contribution in [-0.2, 0) is 34.9 Å². The lowest BCUT2D eigenvalue weighted by Crippen LogP contribution is -2.65. The van der Waals surface area contributed by atoms with Crippen LogP contribution in [-0.4, -0.2) is 129 Å². The number of benzene rings is 2. The SMILES string of the molecule is COc1ccc(C=CC(=O)OC2C(CO)OC(OCCc3ccc(O)c(O)c3)C(O)C2OC2OC(C)C(O)C(O)C2O)cc1O. The van der Waals surface area contributed by atoms with Crippen LogP contribution in [0.25, 0.3) is 6.08 Å². The van der Waals surface area contributed by atoms with Crippen molar-refractivity contribution in [3.63, 3.8) is 0 Å². The lowest BCUT2D eigenvalue weighted by molar-refractivity contribution is -0.357. The van der Waals surface area contributed by atoms with E-state index in [9.17, 15) is 45.6 Å². The smallest absolute Gasteiger partial charge is 0.331 e. The Bertz CT molecular complexity index is 1320. The van der Waals surface area contributed by atoms with Crippen molar-refractivity contribution in [2.75, 3.05) is 20.3 Å². The molecule has 0 aliphatic carbocycles. The number of esters is 1. The van der Waals surface area contributed by atoms with E-state index < -0.39 is 74.0 Å². The molecule has 2 saturated heterocycles. The molecule has 15 nitrogen and oxygen atoms in total. The summed E-state index contributed by atoms with van der Waals surface area (Å²) in [4.78, 5) is 12.9. The summed E-state index contributed by atoms with van der Waals surface area (Å²) < 4.78 is 33.3. The minimum atomic E-state index is -1.76. The van der Waals surface area contributed by atoms with Gasteiger partial charge in [0.1, 0.15) is 36.6 Å². The first-order valence-electron chi connectivity index (χ1n) is 14.1. The Balaban J connectivity index is 1.52. The number of hydrogen-bond donors (Lipinski definition) is 8. The number of methoxy groups -OCH3 is 1. The summed E-state index contributed by atoms with van der Waals surface area (Å²) in [6.07, 6.45) is -12.4. The van der Waals surface area contributed by atoms with E-state index in [0.717, 1.165) is 6.08 Å². The van der Waals surface area contributed by atoms with Crippen molar-refractivity contribution in [3.05, 3.63) is 53.6 Å². The Morgan fingerprint density at radius 1 is 0.867 bits per heavy atom. The maximum absolute atomic E-state index is 12.9. The van der Waals surface area contributed by atoms with E-state index in [1.165, 1.54) is 44.4 Å². The van der Waals surface area contributed by atoms with Gasteiger partial charge in [0.05, 0.1) is 26.4 Å². The number of aromatic hydroxyl groups is 3. The van der Waals surface area contributed by atoms with E-state index >= 15 is 0 Å². The molecule has 0 spiro atoms. The zero-order valence-electron chi connectivity index (χ0n) is 24.4. The van der Waals surface area contributed by atoms with Gasteiger partial charge in [-0.1, -0.05) is 12.1 Å². The third kappa shape index (κ3) is 8.21. The third-order valence-electron chi connectivity index (χ3n) is 7.47. The number of ether oxygens (including phenoxy) is 6. The fourth-order valence-corrected chi connectivity index (χ4v) is 4.92. The minimum absolute atomic E-state index is 0.0663. The van der Waals surface area contributed by atoms with E-state index in [-0.39, 0.29) is 36.0 Å². The molecular weight excluding hydrogens is 600 g/mol. The van der Waals surface area contributed by atoms with Crippen LogP contribution in [0.1, 0.15) is 18.1 Å². The Hall–Kier alpha value is -3.51. The highest BCUT2D eigenvalue weighted by Crippen LogP contribution is 2.32. The van der Waals surface area contributed by atoms with Crippen LogP contribution in [0.5, 0.6) is 23.0 Å². The van der Waals surface area contributed by atoms with E-state index in [1.807, 2.05) is 0 Å². The Labute approximate surface area is 258 Å². The number of hydrogen-bond acceptors (Lipinski definition) is 15. The van der Waals surface area contributed by atoms with Crippen molar-refractivity contribution in [1.29, 1.82) is 0 Å². The highest BCUT2D eigenvalue weighted by atomic mass is 16.7. The average Bonchev–Trinajstić information content (AvgIpc) is 3.02. The van der Waals surface area contributed by atoms with Crippen molar-refractivity contribution in [2.45, 2.75) is 74.8 Å². The number of carbonyl (C=O) groups excluding carboxylic acids is 1. The van der Waals surface area contributed by atoms with Crippen LogP contribution in [0, 0.1) is 0 Å². The van der Waals surface area contributed by atoms with Crippen molar-refractivity contribution in [1.82, 2.24) is 0 Å². The van der Waals surface area contributed by atoms with Gasteiger partial charge in [0.15, 0.2) is 41.7 Å². The van der Waals surface area contributed by atoms with Crippen LogP contribution >= 0.6 is 0 Å². The topological polar surface area (TPSA) is 234 Å². The first-order chi connectivity index (χ1) is 21.4. The van der Waals surface area contributed by atoms with E-state index in [0.29, 0.717) is 11.1 Å². The molecule has 0 aromatic heterocycles. The molecule has 8 N–H and O–H groups in total. The number of phenols is 3. The van der Waals surface area contributed by atoms with Gasteiger partial charge in [0.25, 0.3) is 0 Å². The second kappa shape index (κ2) is 15.2. The summed E-state index contributed by atoms with van der Waals surface area (Å²) in [6, 6.07) is 8.60. The highest BCUT2D eigenvalue weighted by molar-refractivity contribution is 5.87. The summed E-state index contributed by atoms with van der Waals surface area (Å²) >= 11 is 0. The van der Waals surface area contributed by atoms with E-state index in [2.05, 4.69) is 0 Å². The van der Waals surface area contributed by atoms with Gasteiger partial charge < -0.3 is 69.3 Å². The minimum Gasteiger partial charge on any atom is -0.504 e. The molecule has 15 heteroatoms. The Morgan fingerprint density at radius 2 is 1.62 bits per heavy atom. The molecule has 2 aromatic rings. The first-order valence-corrected chi connectivity index (χ1v) is 14.1. The molecule has 0 saturated carbocycles. The van der Waals surface area contributed by atoms with Crippen LogP contribution in [0.15, 0.2) is 42.5 Å². The largest absolute Gasteiger partial charge is 0.504 e. The predicted molar refractivity (Wildman–Crippen MR) is 152 cm³/mol. The monoisotopic (exact) mass is 638 g/mol.